The van der Waals surface area contributed by atoms with E-state index in [4.69, 9.17) is 9.84 Å². The summed E-state index contributed by atoms with van der Waals surface area (Å²) in [5.41, 5.74) is 6.75. The Balaban J connectivity index is 1.93. The predicted molar refractivity (Wildman–Crippen MR) is 141 cm³/mol. The Morgan fingerprint density at radius 1 is 1.00 bits per heavy atom. The number of hydrogen-bond donors (Lipinski definition) is 2. The topological polar surface area (TPSA) is 61.8 Å². The third-order valence-electron chi connectivity index (χ3n) is 5.39. The van der Waals surface area contributed by atoms with E-state index >= 15 is 0 Å². The summed E-state index contributed by atoms with van der Waals surface area (Å²) in [6.07, 6.45) is 3.40. The summed E-state index contributed by atoms with van der Waals surface area (Å²) >= 11 is 0. The number of nitrogens with one attached hydrogen (secondary N) is 1. The summed E-state index contributed by atoms with van der Waals surface area (Å²) in [5.74, 6) is 0.628. The fraction of sp³-hybridized carbons (Fsp3) is 0.276. The number of carbonyl (C=O) groups is 1. The minimum atomic E-state index is -0.114. The van der Waals surface area contributed by atoms with Crippen molar-refractivity contribution in [2.24, 2.45) is 0 Å². The van der Waals surface area contributed by atoms with E-state index in [0.717, 1.165) is 29.0 Å². The van der Waals surface area contributed by atoms with Crippen molar-refractivity contribution in [1.82, 2.24) is 4.90 Å². The van der Waals surface area contributed by atoms with Crippen LogP contribution in [-0.4, -0.2) is 56.2 Å². The first-order chi connectivity index (χ1) is 16.4. The number of para-hydroxylation sites is 1. The van der Waals surface area contributed by atoms with Crippen LogP contribution < -0.4 is 10.1 Å². The van der Waals surface area contributed by atoms with Crippen LogP contribution in [0.2, 0.25) is 0 Å². The summed E-state index contributed by atoms with van der Waals surface area (Å²) in [6.45, 7) is 5.92. The van der Waals surface area contributed by atoms with Crippen LogP contribution in [0.25, 0.3) is 17.2 Å². The van der Waals surface area contributed by atoms with Crippen molar-refractivity contribution in [2.45, 2.75) is 13.8 Å². The molecule has 0 heterocycles. The Kier molecular flexibility index (Phi) is 9.02. The van der Waals surface area contributed by atoms with Crippen LogP contribution in [-0.2, 0) is 0 Å². The Labute approximate surface area is 202 Å². The highest BCUT2D eigenvalue weighted by Gasteiger charge is 2.10. The van der Waals surface area contributed by atoms with Gasteiger partial charge in [-0.15, -0.1) is 0 Å². The summed E-state index contributed by atoms with van der Waals surface area (Å²) in [5, 5.41) is 12.2. The molecule has 34 heavy (non-hydrogen) atoms. The first-order valence-electron chi connectivity index (χ1n) is 11.5. The molecule has 0 aliphatic rings. The SMILES string of the molecule is Cc1cc(C)cc(-c2ccc(OCCN(C)C)c(C=CC(=O)c3ccccc3NCCO)c2)c1. The zero-order chi connectivity index (χ0) is 24.5. The Morgan fingerprint density at radius 3 is 2.44 bits per heavy atom. The van der Waals surface area contributed by atoms with Crippen LogP contribution in [0.3, 0.4) is 0 Å². The van der Waals surface area contributed by atoms with Crippen molar-refractivity contribution in [2.75, 3.05) is 45.7 Å². The number of anilines is 1. The van der Waals surface area contributed by atoms with Crippen LogP contribution in [0.5, 0.6) is 5.75 Å². The van der Waals surface area contributed by atoms with Crippen LogP contribution in [0.1, 0.15) is 27.0 Å². The lowest BCUT2D eigenvalue weighted by Crippen LogP contribution is -2.19. The van der Waals surface area contributed by atoms with Gasteiger partial charge in [0.25, 0.3) is 0 Å². The smallest absolute Gasteiger partial charge is 0.187 e. The number of ether oxygens (including phenoxy) is 1. The minimum absolute atomic E-state index is 0.00274. The predicted octanol–water partition coefficient (Wildman–Crippen LogP) is 5.21. The van der Waals surface area contributed by atoms with Gasteiger partial charge < -0.3 is 20.1 Å². The van der Waals surface area contributed by atoms with Crippen molar-refractivity contribution in [3.05, 3.63) is 89.0 Å². The monoisotopic (exact) mass is 458 g/mol. The second kappa shape index (κ2) is 12.2. The molecule has 0 aliphatic carbocycles. The molecule has 0 spiro atoms. The van der Waals surface area contributed by atoms with Gasteiger partial charge in [-0.05, 0) is 75.5 Å². The van der Waals surface area contributed by atoms with Crippen LogP contribution in [0.15, 0.2) is 66.7 Å². The van der Waals surface area contributed by atoms with Gasteiger partial charge in [0.05, 0.1) is 6.61 Å². The lowest BCUT2D eigenvalue weighted by Gasteiger charge is -2.14. The van der Waals surface area contributed by atoms with Gasteiger partial charge in [-0.25, -0.2) is 0 Å². The van der Waals surface area contributed by atoms with E-state index in [1.807, 2.05) is 44.4 Å². The van der Waals surface area contributed by atoms with Gasteiger partial charge in [0.2, 0.25) is 0 Å². The van der Waals surface area contributed by atoms with Crippen LogP contribution in [0.4, 0.5) is 5.69 Å². The summed E-state index contributed by atoms with van der Waals surface area (Å²) in [4.78, 5) is 15.1. The van der Waals surface area contributed by atoms with E-state index in [2.05, 4.69) is 54.4 Å². The molecule has 0 unspecified atom stereocenters. The number of aliphatic hydroxyl groups is 1. The second-order valence-corrected chi connectivity index (χ2v) is 8.67. The van der Waals surface area contributed by atoms with Crippen molar-refractivity contribution in [3.8, 4) is 16.9 Å². The molecule has 0 aliphatic heterocycles. The van der Waals surface area contributed by atoms with E-state index in [9.17, 15) is 4.79 Å². The molecule has 3 rings (SSSR count). The largest absolute Gasteiger partial charge is 0.492 e. The molecule has 0 saturated heterocycles. The molecule has 0 amide bonds. The van der Waals surface area contributed by atoms with E-state index < -0.39 is 0 Å². The number of hydrogen-bond acceptors (Lipinski definition) is 5. The average molecular weight is 459 g/mol. The Hall–Kier alpha value is -3.41. The van der Waals surface area contributed by atoms with Gasteiger partial charge in [0, 0.05) is 29.9 Å². The van der Waals surface area contributed by atoms with Crippen molar-refractivity contribution < 1.29 is 14.6 Å². The number of carbonyl (C=O) groups excluding carboxylic acids is 1. The highest BCUT2D eigenvalue weighted by molar-refractivity contribution is 6.10. The molecule has 0 bridgehead atoms. The van der Waals surface area contributed by atoms with Crippen molar-refractivity contribution in [3.63, 3.8) is 0 Å². The van der Waals surface area contributed by atoms with Gasteiger partial charge in [-0.3, -0.25) is 4.79 Å². The van der Waals surface area contributed by atoms with Gasteiger partial charge in [0.15, 0.2) is 5.78 Å². The van der Waals surface area contributed by atoms with Gasteiger partial charge in [-0.2, -0.15) is 0 Å². The number of benzene rings is 3. The highest BCUT2D eigenvalue weighted by atomic mass is 16.5. The Bertz CT molecular complexity index is 1130. The zero-order valence-electron chi connectivity index (χ0n) is 20.5. The highest BCUT2D eigenvalue weighted by Crippen LogP contribution is 2.29. The maximum Gasteiger partial charge on any atom is 0.187 e. The number of nitrogens with zero attached hydrogens (tertiary/aromatic N) is 1. The molecule has 3 aromatic rings. The third-order valence-corrected chi connectivity index (χ3v) is 5.39. The number of ketones is 1. The molecule has 5 heteroatoms. The maximum absolute atomic E-state index is 13.0. The molecular formula is C29H34N2O3. The molecule has 0 aromatic heterocycles. The number of rotatable bonds is 11. The normalized spacial score (nSPS) is 11.2. The molecule has 0 saturated carbocycles. The summed E-state index contributed by atoms with van der Waals surface area (Å²) < 4.78 is 6.06. The number of aryl methyl sites for hydroxylation is 2. The first kappa shape index (κ1) is 25.2. The number of allylic oxidation sites excluding steroid dienone is 1. The number of likely N-dealkylation sites (N-methyl/N-ethyl adjacent to an activating group) is 1. The van der Waals surface area contributed by atoms with Crippen LogP contribution >= 0.6 is 0 Å². The van der Waals surface area contributed by atoms with Gasteiger partial charge in [-0.1, -0.05) is 47.5 Å². The molecule has 3 aromatic carbocycles. The molecule has 2 N–H and O–H groups in total. The van der Waals surface area contributed by atoms with Gasteiger partial charge in [0.1, 0.15) is 12.4 Å². The maximum atomic E-state index is 13.0. The fourth-order valence-corrected chi connectivity index (χ4v) is 3.77. The molecule has 0 fully saturated rings. The quantitative estimate of drug-likeness (QED) is 0.305. The second-order valence-electron chi connectivity index (χ2n) is 8.67. The first-order valence-corrected chi connectivity index (χ1v) is 11.5. The molecule has 178 valence electrons. The zero-order valence-corrected chi connectivity index (χ0v) is 20.5. The minimum Gasteiger partial charge on any atom is -0.492 e. The molecule has 5 nitrogen and oxygen atoms in total. The summed E-state index contributed by atoms with van der Waals surface area (Å²) in [7, 11) is 4.02. The Morgan fingerprint density at radius 2 is 1.74 bits per heavy atom. The lowest BCUT2D eigenvalue weighted by atomic mass is 9.98. The third kappa shape index (κ3) is 7.04. The van der Waals surface area contributed by atoms with E-state index in [1.54, 1.807) is 12.1 Å². The molecule has 0 atom stereocenters. The average Bonchev–Trinajstić information content (AvgIpc) is 2.81. The van der Waals surface area contributed by atoms with Crippen molar-refractivity contribution >= 4 is 17.5 Å². The summed E-state index contributed by atoms with van der Waals surface area (Å²) in [6, 6.07) is 19.9. The van der Waals surface area contributed by atoms with E-state index in [1.165, 1.54) is 11.1 Å². The standard InChI is InChI=1S/C29H34N2O3/c1-21-17-22(2)19-25(18-21)23-10-12-29(34-16-14-31(3)4)24(20-23)9-11-28(33)26-7-5-6-8-27(26)30-13-15-32/h5-12,17-20,30,32H,13-16H2,1-4H3. The fourth-order valence-electron chi connectivity index (χ4n) is 3.77. The number of aliphatic hydroxyl groups excluding tert-OH is 1. The van der Waals surface area contributed by atoms with E-state index in [-0.39, 0.29) is 12.4 Å². The van der Waals surface area contributed by atoms with Crippen LogP contribution in [0, 0.1) is 13.8 Å². The van der Waals surface area contributed by atoms with Gasteiger partial charge >= 0.3 is 0 Å². The lowest BCUT2D eigenvalue weighted by molar-refractivity contribution is 0.104. The molecular weight excluding hydrogens is 424 g/mol. The van der Waals surface area contributed by atoms with Crippen molar-refractivity contribution in [1.29, 1.82) is 0 Å². The van der Waals surface area contributed by atoms with E-state index in [0.29, 0.717) is 24.4 Å². The molecule has 0 radical (unpaired) electrons.